The molecule has 0 saturated carbocycles. The van der Waals surface area contributed by atoms with Gasteiger partial charge in [0.15, 0.2) is 11.0 Å². The minimum absolute atomic E-state index is 0.00386. The third-order valence-corrected chi connectivity index (χ3v) is 11.2. The van der Waals surface area contributed by atoms with Gasteiger partial charge < -0.3 is 26.4 Å². The predicted molar refractivity (Wildman–Crippen MR) is 159 cm³/mol. The Balaban J connectivity index is 0.000000175. The fourth-order valence-corrected chi connectivity index (χ4v) is 9.05. The van der Waals surface area contributed by atoms with Crippen molar-refractivity contribution in [2.75, 3.05) is 30.1 Å². The number of aromatic nitrogens is 6. The van der Waals surface area contributed by atoms with Crippen molar-refractivity contribution in [1.82, 2.24) is 40.2 Å². The molecule has 2 aromatic rings. The van der Waals surface area contributed by atoms with E-state index < -0.39 is 29.7 Å². The molecule has 2 amide bonds. The van der Waals surface area contributed by atoms with E-state index in [-0.39, 0.29) is 34.0 Å². The maximum Gasteiger partial charge on any atom is 0.352 e. The smallest absolute Gasteiger partial charge is 0.352 e. The first kappa shape index (κ1) is 32.1. The van der Waals surface area contributed by atoms with Gasteiger partial charge in [0.25, 0.3) is 0 Å². The Morgan fingerprint density at radius 2 is 1.48 bits per heavy atom. The number of carbonyl (C=O) groups excluding carboxylic acids is 2. The van der Waals surface area contributed by atoms with Gasteiger partial charge in [0.2, 0.25) is 17.0 Å². The summed E-state index contributed by atoms with van der Waals surface area (Å²) in [5, 5.41) is 31.8. The lowest BCUT2D eigenvalue weighted by atomic mass is 10.0. The summed E-state index contributed by atoms with van der Waals surface area (Å²) in [5.41, 5.74) is 12.3. The van der Waals surface area contributed by atoms with Gasteiger partial charge in [0.1, 0.15) is 40.8 Å². The van der Waals surface area contributed by atoms with Crippen LogP contribution in [0.2, 0.25) is 0 Å². The number of H-pyrrole nitrogens is 3. The number of methoxy groups -OCH3 is 1. The standard InChI is InChI=1S/C12H15N5O4S2.C10H11N5O4S2/c1-21-2-6-14-12(16-15-6)23-4-5-3-22-10-7(13)9(18)17(10)8(5)11(19)20;11-4-6(16)15-5(8(17)18)3(1-20-7(4)15)2-21-10-12-9(19)13-14-10/h7,10H,2-4,13H2,1H3,(H,19,20)(H,14,15,16);4,7H,1-2,11H2,(H,17,18)(H2,12,13,14,19)/t7?,10-;4?,7-/m00/s1. The average Bonchev–Trinajstić information content (AvgIpc) is 3.65. The number of carbonyl (C=O) groups is 4. The Morgan fingerprint density at radius 3 is 1.95 bits per heavy atom. The van der Waals surface area contributed by atoms with Crippen molar-refractivity contribution in [3.8, 4) is 0 Å². The second-order valence-electron chi connectivity index (χ2n) is 9.44. The van der Waals surface area contributed by atoms with Crippen LogP contribution in [0.25, 0.3) is 0 Å². The molecule has 0 aromatic carbocycles. The van der Waals surface area contributed by atoms with Crippen LogP contribution in [0.1, 0.15) is 5.82 Å². The summed E-state index contributed by atoms with van der Waals surface area (Å²) in [7, 11) is 1.56. The normalized spacial score (nSPS) is 24.2. The molecule has 6 heterocycles. The first-order valence-electron chi connectivity index (χ1n) is 12.6. The molecule has 18 nitrogen and oxygen atoms in total. The number of amides is 2. The summed E-state index contributed by atoms with van der Waals surface area (Å²) < 4.78 is 4.95. The zero-order valence-corrected chi connectivity index (χ0v) is 26.0. The Hall–Kier alpha value is -3.28. The van der Waals surface area contributed by atoms with Gasteiger partial charge in [-0.25, -0.2) is 24.5 Å². The van der Waals surface area contributed by atoms with E-state index in [1.807, 2.05) is 0 Å². The van der Waals surface area contributed by atoms with Gasteiger partial charge in [-0.3, -0.25) is 29.5 Å². The molecule has 2 saturated heterocycles. The molecule has 0 bridgehead atoms. The first-order valence-corrected chi connectivity index (χ1v) is 16.7. The topological polar surface area (TPSA) is 280 Å². The summed E-state index contributed by atoms with van der Waals surface area (Å²) >= 11 is 5.43. The number of nitrogens with two attached hydrogens (primary N) is 2. The quantitative estimate of drug-likeness (QED) is 0.109. The average molecular weight is 687 g/mol. The van der Waals surface area contributed by atoms with E-state index in [0.29, 0.717) is 56.9 Å². The number of nitrogens with one attached hydrogen (secondary N) is 3. The van der Waals surface area contributed by atoms with Gasteiger partial charge >= 0.3 is 17.6 Å². The van der Waals surface area contributed by atoms with Crippen molar-refractivity contribution in [3.63, 3.8) is 0 Å². The van der Waals surface area contributed by atoms with Crippen molar-refractivity contribution in [3.05, 3.63) is 38.8 Å². The summed E-state index contributed by atoms with van der Waals surface area (Å²) in [6.45, 7) is 0.328. The van der Waals surface area contributed by atoms with Crippen LogP contribution in [0.5, 0.6) is 0 Å². The van der Waals surface area contributed by atoms with E-state index in [4.69, 9.17) is 16.2 Å². The van der Waals surface area contributed by atoms with E-state index >= 15 is 0 Å². The SMILES string of the molecule is COCc1nc(SCC2=C(C(=O)O)N3C(=O)C(N)[C@@H]3SC2)n[nH]1.NC1C(=O)N2C(C(=O)O)=C(CSc3n[nH]c(=O)[nH]3)CS[C@@H]12. The fourth-order valence-electron chi connectivity index (χ4n) is 4.56. The number of nitrogens with zero attached hydrogens (tertiary/aromatic N) is 5. The van der Waals surface area contributed by atoms with Crippen LogP contribution in [-0.4, -0.2) is 127 Å². The second-order valence-corrected chi connectivity index (χ2v) is 13.6. The zero-order chi connectivity index (χ0) is 31.7. The van der Waals surface area contributed by atoms with Crippen LogP contribution in [0.15, 0.2) is 37.6 Å². The molecule has 4 aliphatic heterocycles. The number of ether oxygens (including phenoxy) is 1. The molecule has 4 aliphatic rings. The number of thioether (sulfide) groups is 4. The van der Waals surface area contributed by atoms with Crippen LogP contribution in [0.4, 0.5) is 0 Å². The number of rotatable bonds is 10. The molecule has 6 rings (SSSR count). The minimum atomic E-state index is -1.15. The van der Waals surface area contributed by atoms with E-state index in [0.717, 1.165) is 0 Å². The molecule has 236 valence electrons. The van der Waals surface area contributed by atoms with Crippen LogP contribution in [-0.2, 0) is 30.5 Å². The van der Waals surface area contributed by atoms with Crippen molar-refractivity contribution < 1.29 is 34.1 Å². The lowest BCUT2D eigenvalue weighted by Crippen LogP contribution is -2.68. The van der Waals surface area contributed by atoms with Crippen LogP contribution < -0.4 is 17.2 Å². The summed E-state index contributed by atoms with van der Waals surface area (Å²) in [6, 6.07) is -1.26. The predicted octanol–water partition coefficient (Wildman–Crippen LogP) is -1.60. The number of fused-ring (bicyclic) bond motifs is 2. The number of carboxylic acids is 2. The highest BCUT2D eigenvalue weighted by molar-refractivity contribution is 8.01. The molecule has 2 unspecified atom stereocenters. The zero-order valence-electron chi connectivity index (χ0n) is 22.7. The Kier molecular flexibility index (Phi) is 9.77. The summed E-state index contributed by atoms with van der Waals surface area (Å²) in [4.78, 5) is 66.7. The monoisotopic (exact) mass is 686 g/mol. The second kappa shape index (κ2) is 13.4. The number of carboxylic acid groups (broad SMARTS) is 2. The molecule has 2 aromatic heterocycles. The van der Waals surface area contributed by atoms with Gasteiger partial charge in [0.05, 0.1) is 0 Å². The van der Waals surface area contributed by atoms with Crippen molar-refractivity contribution in [2.24, 2.45) is 11.5 Å². The van der Waals surface area contributed by atoms with E-state index in [1.165, 1.54) is 56.8 Å². The number of β-lactam (4-membered cyclic amide) rings is 2. The number of aromatic amines is 3. The lowest BCUT2D eigenvalue weighted by Gasteiger charge is -2.48. The highest BCUT2D eigenvalue weighted by Gasteiger charge is 2.52. The Bertz CT molecular complexity index is 1600. The van der Waals surface area contributed by atoms with Crippen molar-refractivity contribution in [2.45, 2.75) is 39.8 Å². The van der Waals surface area contributed by atoms with Gasteiger partial charge in [-0.1, -0.05) is 23.5 Å². The number of hydrogen-bond acceptors (Lipinski definition) is 15. The lowest BCUT2D eigenvalue weighted by molar-refractivity contribution is -0.147. The molecule has 0 aliphatic carbocycles. The number of hydrogen-bond donors (Lipinski definition) is 7. The van der Waals surface area contributed by atoms with Gasteiger partial charge in [-0.2, -0.15) is 0 Å². The van der Waals surface area contributed by atoms with Gasteiger partial charge in [-0.15, -0.1) is 33.7 Å². The molecule has 0 radical (unpaired) electrons. The molecule has 0 spiro atoms. The van der Waals surface area contributed by atoms with Crippen molar-refractivity contribution >= 4 is 70.8 Å². The first-order chi connectivity index (χ1) is 21.0. The van der Waals surface area contributed by atoms with E-state index in [2.05, 4.69) is 30.4 Å². The maximum absolute atomic E-state index is 11.8. The van der Waals surface area contributed by atoms with Crippen molar-refractivity contribution in [1.29, 1.82) is 0 Å². The molecule has 44 heavy (non-hydrogen) atoms. The Labute approximate surface area is 264 Å². The van der Waals surface area contributed by atoms with Crippen LogP contribution in [0, 0.1) is 0 Å². The van der Waals surface area contributed by atoms with E-state index in [1.54, 1.807) is 7.11 Å². The number of aliphatic carboxylic acids is 2. The third-order valence-electron chi connectivity index (χ3n) is 6.61. The minimum Gasteiger partial charge on any atom is -0.477 e. The summed E-state index contributed by atoms with van der Waals surface area (Å²) in [6.07, 6.45) is 0. The van der Waals surface area contributed by atoms with Gasteiger partial charge in [-0.05, 0) is 11.1 Å². The maximum atomic E-state index is 11.8. The van der Waals surface area contributed by atoms with E-state index in [9.17, 15) is 34.2 Å². The molecule has 22 heteroatoms. The molecular weight excluding hydrogens is 661 g/mol. The fraction of sp³-hybridized carbons (Fsp3) is 0.455. The third kappa shape index (κ3) is 6.27. The Morgan fingerprint density at radius 1 is 0.932 bits per heavy atom. The molecule has 2 fully saturated rings. The highest BCUT2D eigenvalue weighted by Crippen LogP contribution is 2.41. The molecule has 9 N–H and O–H groups in total. The summed E-state index contributed by atoms with van der Waals surface area (Å²) in [5.74, 6) is -0.663. The largest absolute Gasteiger partial charge is 0.477 e. The van der Waals surface area contributed by atoms with Crippen LogP contribution in [0.3, 0.4) is 0 Å². The van der Waals surface area contributed by atoms with Crippen LogP contribution >= 0.6 is 47.0 Å². The van der Waals surface area contributed by atoms with Gasteiger partial charge in [0, 0.05) is 30.1 Å². The highest BCUT2D eigenvalue weighted by atomic mass is 32.2. The molecular formula is C22H26N10O8S4. The molecule has 4 atom stereocenters.